The first-order valence-electron chi connectivity index (χ1n) is 9.69. The highest BCUT2D eigenvalue weighted by atomic mass is 32.1. The highest BCUT2D eigenvalue weighted by molar-refractivity contribution is 7.25. The number of ether oxygens (including phenoxy) is 3. The molecule has 3 aromatic heterocycles. The molecular formula is C19H24N5O3S+. The van der Waals surface area contributed by atoms with Crippen LogP contribution in [0.2, 0.25) is 0 Å². The van der Waals surface area contributed by atoms with Crippen molar-refractivity contribution in [2.75, 3.05) is 37.8 Å². The van der Waals surface area contributed by atoms with Crippen molar-refractivity contribution < 1.29 is 19.2 Å². The average Bonchev–Trinajstić information content (AvgIpc) is 3.07. The van der Waals surface area contributed by atoms with Crippen molar-refractivity contribution >= 4 is 37.6 Å². The molecule has 8 nitrogen and oxygen atoms in total. The molecule has 0 unspecified atom stereocenters. The Bertz CT molecular complexity index is 1050. The van der Waals surface area contributed by atoms with Crippen LogP contribution < -0.4 is 14.6 Å². The summed E-state index contributed by atoms with van der Waals surface area (Å²) in [6.45, 7) is 10.6. The molecule has 5 rings (SSSR count). The van der Waals surface area contributed by atoms with E-state index >= 15 is 0 Å². The average molecular weight is 403 g/mol. The lowest BCUT2D eigenvalue weighted by molar-refractivity contribution is -0.329. The van der Waals surface area contributed by atoms with Gasteiger partial charge in [-0.2, -0.15) is 0 Å². The molecule has 3 aromatic rings. The van der Waals surface area contributed by atoms with Crippen LogP contribution in [0.25, 0.3) is 20.4 Å². The molecule has 0 atom stereocenters. The van der Waals surface area contributed by atoms with Gasteiger partial charge in [-0.25, -0.2) is 4.98 Å². The van der Waals surface area contributed by atoms with Gasteiger partial charge >= 0.3 is 0 Å². The normalized spacial score (nSPS) is 19.2. The van der Waals surface area contributed by atoms with Gasteiger partial charge in [0.05, 0.1) is 43.0 Å². The van der Waals surface area contributed by atoms with Crippen molar-refractivity contribution in [3.05, 3.63) is 11.1 Å². The second kappa shape index (κ2) is 6.75. The molecular weight excluding hydrogens is 378 g/mol. The number of hydrogen-bond donors (Lipinski definition) is 0. The molecule has 0 radical (unpaired) electrons. The summed E-state index contributed by atoms with van der Waals surface area (Å²) in [5, 5.41) is 13.6. The van der Waals surface area contributed by atoms with Crippen molar-refractivity contribution in [1.82, 2.24) is 15.4 Å². The van der Waals surface area contributed by atoms with Crippen LogP contribution >= 0.6 is 11.3 Å². The van der Waals surface area contributed by atoms with Crippen LogP contribution in [0.15, 0.2) is 0 Å². The summed E-state index contributed by atoms with van der Waals surface area (Å²) in [6, 6.07) is 0. The summed E-state index contributed by atoms with van der Waals surface area (Å²) in [5.74, 6) is 1.68. The van der Waals surface area contributed by atoms with Crippen LogP contribution in [0.4, 0.5) is 5.82 Å². The van der Waals surface area contributed by atoms with Crippen molar-refractivity contribution in [2.45, 2.75) is 39.4 Å². The molecule has 0 aromatic carbocycles. The van der Waals surface area contributed by atoms with E-state index in [2.05, 4.69) is 39.1 Å². The number of hydrogen-bond acceptors (Lipinski definition) is 8. The summed E-state index contributed by atoms with van der Waals surface area (Å²) in [7, 11) is 0. The topological polar surface area (TPSA) is 83.7 Å². The molecule has 1 saturated heterocycles. The Hall–Kier alpha value is -2.10. The van der Waals surface area contributed by atoms with E-state index in [4.69, 9.17) is 14.2 Å². The number of fused-ring (bicyclic) bond motifs is 5. The minimum absolute atomic E-state index is 0.221. The molecule has 1 N–H and O–H groups in total. The minimum Gasteiger partial charge on any atom is -0.476 e. The highest BCUT2D eigenvalue weighted by Crippen LogP contribution is 2.42. The van der Waals surface area contributed by atoms with Crippen molar-refractivity contribution in [3.8, 4) is 5.88 Å². The number of nitrogens with one attached hydrogen (secondary N) is 1. The van der Waals surface area contributed by atoms with Gasteiger partial charge in [-0.3, -0.25) is 4.90 Å². The lowest BCUT2D eigenvalue weighted by Gasteiger charge is -2.33. The number of pyridine rings is 1. The van der Waals surface area contributed by atoms with E-state index in [1.807, 2.05) is 6.92 Å². The fraction of sp³-hybridized carbons (Fsp3) is 0.579. The first-order valence-corrected chi connectivity index (χ1v) is 10.5. The molecule has 2 aliphatic heterocycles. The molecule has 2 aliphatic rings. The summed E-state index contributed by atoms with van der Waals surface area (Å²) < 4.78 is 18.4. The Labute approximate surface area is 166 Å². The van der Waals surface area contributed by atoms with Crippen molar-refractivity contribution in [2.24, 2.45) is 0 Å². The standard InChI is InChI=1S/C19H23N5O3S/c1-4-26-17-15-14(21-23-22-17)13-11-9-19(2,3)27-10-12(11)16(20-18(13)28-15)24-5-7-25-8-6-24/h4-10H2,1-3H3/p+1. The fourth-order valence-electron chi connectivity index (χ4n) is 4.04. The second-order valence-corrected chi connectivity index (χ2v) is 8.79. The van der Waals surface area contributed by atoms with E-state index in [0.29, 0.717) is 19.1 Å². The van der Waals surface area contributed by atoms with Crippen molar-refractivity contribution in [3.63, 3.8) is 0 Å². The molecule has 0 amide bonds. The number of thiophene rings is 1. The van der Waals surface area contributed by atoms with Gasteiger partial charge in [0.1, 0.15) is 23.3 Å². The number of H-pyrrole nitrogens is 1. The maximum absolute atomic E-state index is 6.18. The Morgan fingerprint density at radius 3 is 2.82 bits per heavy atom. The lowest BCUT2D eigenvalue weighted by Crippen LogP contribution is -2.42. The monoisotopic (exact) mass is 402 g/mol. The van der Waals surface area contributed by atoms with Gasteiger partial charge in [0, 0.05) is 6.42 Å². The third-order valence-electron chi connectivity index (χ3n) is 5.36. The number of morpholine rings is 1. The van der Waals surface area contributed by atoms with E-state index in [1.54, 1.807) is 11.3 Å². The predicted molar refractivity (Wildman–Crippen MR) is 106 cm³/mol. The highest BCUT2D eigenvalue weighted by Gasteiger charge is 2.36. The molecule has 148 valence electrons. The molecule has 0 spiro atoms. The lowest BCUT2D eigenvalue weighted by atomic mass is 9.90. The van der Waals surface area contributed by atoms with Gasteiger partial charge in [-0.1, -0.05) is 16.4 Å². The summed E-state index contributed by atoms with van der Waals surface area (Å²) in [6.07, 6.45) is 0.824. The predicted octanol–water partition coefficient (Wildman–Crippen LogP) is 2.14. The SMILES string of the molecule is CCOc1nnnc2c1sc1[nH+]c(N3CCOCC3)c3c(c12)CC(C)(C)OC3. The van der Waals surface area contributed by atoms with E-state index in [9.17, 15) is 0 Å². The van der Waals surface area contributed by atoms with Crippen LogP contribution in [-0.4, -0.2) is 53.9 Å². The van der Waals surface area contributed by atoms with Crippen LogP contribution in [0.3, 0.4) is 0 Å². The first kappa shape index (κ1) is 18.0. The third-order valence-corrected chi connectivity index (χ3v) is 6.44. The van der Waals surface area contributed by atoms with Gasteiger partial charge in [-0.05, 0) is 31.5 Å². The van der Waals surface area contributed by atoms with Gasteiger partial charge in [0.2, 0.25) is 0 Å². The maximum atomic E-state index is 6.18. The van der Waals surface area contributed by atoms with E-state index in [0.717, 1.165) is 59.0 Å². The van der Waals surface area contributed by atoms with Crippen LogP contribution in [-0.2, 0) is 22.5 Å². The second-order valence-electron chi connectivity index (χ2n) is 7.77. The molecule has 0 aliphatic carbocycles. The number of anilines is 1. The molecule has 9 heteroatoms. The van der Waals surface area contributed by atoms with Crippen molar-refractivity contribution in [1.29, 1.82) is 0 Å². The van der Waals surface area contributed by atoms with Gasteiger partial charge in [0.15, 0.2) is 4.83 Å². The molecule has 0 saturated carbocycles. The minimum atomic E-state index is -0.221. The zero-order valence-corrected chi connectivity index (χ0v) is 17.2. The third kappa shape index (κ3) is 2.89. The van der Waals surface area contributed by atoms with Gasteiger partial charge in [-0.15, -0.1) is 5.10 Å². The molecule has 0 bridgehead atoms. The molecule has 5 heterocycles. The number of aromatic amines is 1. The van der Waals surface area contributed by atoms with Crippen LogP contribution in [0, 0.1) is 0 Å². The van der Waals surface area contributed by atoms with Crippen LogP contribution in [0.1, 0.15) is 31.9 Å². The number of rotatable bonds is 3. The first-order chi connectivity index (χ1) is 13.6. The zero-order valence-electron chi connectivity index (χ0n) is 16.4. The van der Waals surface area contributed by atoms with Crippen LogP contribution in [0.5, 0.6) is 5.88 Å². The zero-order chi connectivity index (χ0) is 19.3. The summed E-state index contributed by atoms with van der Waals surface area (Å²) in [4.78, 5) is 7.11. The van der Waals surface area contributed by atoms with E-state index in [-0.39, 0.29) is 5.60 Å². The Morgan fingerprint density at radius 1 is 1.21 bits per heavy atom. The Kier molecular flexibility index (Phi) is 4.33. The van der Waals surface area contributed by atoms with E-state index < -0.39 is 0 Å². The number of nitrogens with zero attached hydrogens (tertiary/aromatic N) is 4. The smallest absolute Gasteiger partial charge is 0.281 e. The molecule has 28 heavy (non-hydrogen) atoms. The Morgan fingerprint density at radius 2 is 2.04 bits per heavy atom. The maximum Gasteiger partial charge on any atom is 0.281 e. The summed E-state index contributed by atoms with van der Waals surface area (Å²) in [5.41, 5.74) is 3.14. The summed E-state index contributed by atoms with van der Waals surface area (Å²) >= 11 is 1.64. The Balaban J connectivity index is 1.79. The van der Waals surface area contributed by atoms with E-state index in [1.165, 1.54) is 11.1 Å². The quantitative estimate of drug-likeness (QED) is 0.664. The number of aromatic nitrogens is 4. The van der Waals surface area contributed by atoms with Gasteiger partial charge < -0.3 is 14.2 Å². The molecule has 1 fully saturated rings. The fourth-order valence-corrected chi connectivity index (χ4v) is 5.14. The van der Waals surface area contributed by atoms with Gasteiger partial charge in [0.25, 0.3) is 11.7 Å². The largest absolute Gasteiger partial charge is 0.476 e.